The largest absolute Gasteiger partial charge is 0.481 e. The van der Waals surface area contributed by atoms with Gasteiger partial charge in [-0.25, -0.2) is 4.39 Å². The highest BCUT2D eigenvalue weighted by Crippen LogP contribution is 2.27. The monoisotopic (exact) mass is 343 g/mol. The number of benzene rings is 2. The lowest BCUT2D eigenvalue weighted by molar-refractivity contribution is 0.204. The molecule has 2 N–H and O–H groups in total. The van der Waals surface area contributed by atoms with E-state index in [0.717, 1.165) is 10.0 Å². The van der Waals surface area contributed by atoms with Gasteiger partial charge in [0.2, 0.25) is 0 Å². The summed E-state index contributed by atoms with van der Waals surface area (Å²) < 4.78 is 20.0. The Morgan fingerprint density at radius 3 is 2.53 bits per heavy atom. The summed E-state index contributed by atoms with van der Waals surface area (Å²) in [7, 11) is 0. The molecular formula is C14H12BrClFNO. The van der Waals surface area contributed by atoms with Crippen LogP contribution in [0.3, 0.4) is 0 Å². The second kappa shape index (κ2) is 6.37. The molecule has 2 rings (SSSR count). The van der Waals surface area contributed by atoms with Gasteiger partial charge in [0.25, 0.3) is 0 Å². The fraction of sp³-hybridized carbons (Fsp3) is 0.143. The van der Waals surface area contributed by atoms with Crippen molar-refractivity contribution in [1.29, 1.82) is 0 Å². The average molecular weight is 345 g/mol. The van der Waals surface area contributed by atoms with E-state index < -0.39 is 11.9 Å². The first kappa shape index (κ1) is 14.3. The summed E-state index contributed by atoms with van der Waals surface area (Å²) >= 11 is 9.11. The molecule has 0 aliphatic rings. The van der Waals surface area contributed by atoms with Crippen molar-refractivity contribution in [2.45, 2.75) is 6.10 Å². The molecule has 0 amide bonds. The van der Waals surface area contributed by atoms with E-state index in [-0.39, 0.29) is 12.3 Å². The molecule has 0 radical (unpaired) electrons. The van der Waals surface area contributed by atoms with Crippen molar-refractivity contribution >= 4 is 27.5 Å². The lowest BCUT2D eigenvalue weighted by atomic mass is 10.1. The molecule has 0 heterocycles. The van der Waals surface area contributed by atoms with Gasteiger partial charge in [-0.1, -0.05) is 39.7 Å². The first-order valence-corrected chi connectivity index (χ1v) is 6.84. The minimum atomic E-state index is -0.421. The second-order valence-electron chi connectivity index (χ2n) is 3.97. The van der Waals surface area contributed by atoms with Gasteiger partial charge >= 0.3 is 0 Å². The zero-order valence-electron chi connectivity index (χ0n) is 9.95. The van der Waals surface area contributed by atoms with Gasteiger partial charge in [0.15, 0.2) is 11.6 Å². The highest BCUT2D eigenvalue weighted by Gasteiger charge is 2.14. The van der Waals surface area contributed by atoms with E-state index in [1.54, 1.807) is 24.3 Å². The predicted octanol–water partition coefficient (Wildman–Crippen LogP) is 4.32. The molecule has 19 heavy (non-hydrogen) atoms. The molecule has 2 aromatic carbocycles. The van der Waals surface area contributed by atoms with Crippen LogP contribution < -0.4 is 10.5 Å². The number of halogens is 3. The van der Waals surface area contributed by atoms with E-state index in [2.05, 4.69) is 15.9 Å². The normalized spacial score (nSPS) is 12.2. The third kappa shape index (κ3) is 3.69. The van der Waals surface area contributed by atoms with Crippen LogP contribution in [0.2, 0.25) is 5.02 Å². The van der Waals surface area contributed by atoms with Crippen LogP contribution in [0.15, 0.2) is 46.9 Å². The maximum atomic E-state index is 13.6. The van der Waals surface area contributed by atoms with Crippen molar-refractivity contribution in [3.8, 4) is 5.75 Å². The van der Waals surface area contributed by atoms with Crippen molar-refractivity contribution < 1.29 is 9.13 Å². The number of hydrogen-bond acceptors (Lipinski definition) is 2. The first-order valence-electron chi connectivity index (χ1n) is 5.67. The molecule has 0 aliphatic carbocycles. The summed E-state index contributed by atoms with van der Waals surface area (Å²) in [5.41, 5.74) is 6.54. The summed E-state index contributed by atoms with van der Waals surface area (Å²) in [5.74, 6) is -0.254. The van der Waals surface area contributed by atoms with Crippen molar-refractivity contribution in [2.24, 2.45) is 5.73 Å². The van der Waals surface area contributed by atoms with Crippen molar-refractivity contribution in [2.75, 3.05) is 6.54 Å². The lowest BCUT2D eigenvalue weighted by Crippen LogP contribution is -2.18. The fourth-order valence-electron chi connectivity index (χ4n) is 1.65. The maximum absolute atomic E-state index is 13.6. The average Bonchev–Trinajstić information content (AvgIpc) is 2.41. The number of ether oxygens (including phenoxy) is 1. The van der Waals surface area contributed by atoms with Crippen LogP contribution in [0.25, 0.3) is 0 Å². The fourth-order valence-corrected chi connectivity index (χ4v) is 2.12. The highest BCUT2D eigenvalue weighted by molar-refractivity contribution is 9.10. The second-order valence-corrected chi connectivity index (χ2v) is 5.32. The van der Waals surface area contributed by atoms with Crippen molar-refractivity contribution in [3.05, 3.63) is 63.3 Å². The van der Waals surface area contributed by atoms with Crippen LogP contribution in [0.1, 0.15) is 11.7 Å². The molecular weight excluding hydrogens is 333 g/mol. The van der Waals surface area contributed by atoms with E-state index in [0.29, 0.717) is 5.02 Å². The number of nitrogens with two attached hydrogens (primary N) is 1. The summed E-state index contributed by atoms with van der Waals surface area (Å²) in [4.78, 5) is 0. The van der Waals surface area contributed by atoms with Crippen LogP contribution in [0.5, 0.6) is 5.75 Å². The maximum Gasteiger partial charge on any atom is 0.165 e. The third-order valence-corrected chi connectivity index (χ3v) is 3.36. The van der Waals surface area contributed by atoms with Crippen LogP contribution in [-0.2, 0) is 0 Å². The molecule has 2 aromatic rings. The number of rotatable bonds is 4. The smallest absolute Gasteiger partial charge is 0.165 e. The minimum absolute atomic E-state index is 0.166. The Morgan fingerprint density at radius 2 is 1.89 bits per heavy atom. The van der Waals surface area contributed by atoms with Gasteiger partial charge in [-0.15, -0.1) is 0 Å². The topological polar surface area (TPSA) is 35.2 Å². The Kier molecular flexibility index (Phi) is 4.80. The van der Waals surface area contributed by atoms with Gasteiger partial charge in [0, 0.05) is 16.0 Å². The quantitative estimate of drug-likeness (QED) is 0.896. The molecule has 0 fully saturated rings. The summed E-state index contributed by atoms with van der Waals surface area (Å²) in [6, 6.07) is 11.7. The van der Waals surface area contributed by atoms with Crippen LogP contribution in [0, 0.1) is 5.82 Å². The summed E-state index contributed by atoms with van der Waals surface area (Å²) in [6.07, 6.45) is -0.416. The van der Waals surface area contributed by atoms with Gasteiger partial charge < -0.3 is 10.5 Å². The Bertz CT molecular complexity index is 562. The van der Waals surface area contributed by atoms with Gasteiger partial charge in [0.05, 0.1) is 0 Å². The molecule has 0 spiro atoms. The zero-order chi connectivity index (χ0) is 13.8. The lowest BCUT2D eigenvalue weighted by Gasteiger charge is -2.18. The molecule has 5 heteroatoms. The third-order valence-electron chi connectivity index (χ3n) is 2.62. The Labute approximate surface area is 124 Å². The van der Waals surface area contributed by atoms with E-state index >= 15 is 0 Å². The molecule has 0 aliphatic heterocycles. The Balaban J connectivity index is 2.23. The van der Waals surface area contributed by atoms with E-state index in [9.17, 15) is 4.39 Å². The molecule has 1 atom stereocenters. The van der Waals surface area contributed by atoms with E-state index in [4.69, 9.17) is 22.1 Å². The Morgan fingerprint density at radius 1 is 1.21 bits per heavy atom. The van der Waals surface area contributed by atoms with Gasteiger partial charge in [-0.05, 0) is 35.9 Å². The molecule has 0 bridgehead atoms. The molecule has 0 saturated heterocycles. The molecule has 0 saturated carbocycles. The molecule has 2 nitrogen and oxygen atoms in total. The highest BCUT2D eigenvalue weighted by atomic mass is 79.9. The van der Waals surface area contributed by atoms with Gasteiger partial charge in [-0.3, -0.25) is 0 Å². The van der Waals surface area contributed by atoms with Crippen LogP contribution in [-0.4, -0.2) is 6.54 Å². The van der Waals surface area contributed by atoms with Crippen LogP contribution in [0.4, 0.5) is 4.39 Å². The molecule has 0 aromatic heterocycles. The number of hydrogen-bond donors (Lipinski definition) is 1. The standard InChI is InChI=1S/C14H12BrClFNO/c15-10-3-6-12(17)13(7-10)19-14(8-18)9-1-4-11(16)5-2-9/h1-7,14H,8,18H2. The molecule has 1 unspecified atom stereocenters. The van der Waals surface area contributed by atoms with Crippen LogP contribution >= 0.6 is 27.5 Å². The van der Waals surface area contributed by atoms with Gasteiger partial charge in [0.1, 0.15) is 6.10 Å². The van der Waals surface area contributed by atoms with Gasteiger partial charge in [-0.2, -0.15) is 0 Å². The SMILES string of the molecule is NCC(Oc1cc(Br)ccc1F)c1ccc(Cl)cc1. The van der Waals surface area contributed by atoms with E-state index in [1.165, 1.54) is 6.07 Å². The van der Waals surface area contributed by atoms with Crippen molar-refractivity contribution in [3.63, 3.8) is 0 Å². The minimum Gasteiger partial charge on any atom is -0.481 e. The Hall–Kier alpha value is -1.10. The van der Waals surface area contributed by atoms with E-state index in [1.807, 2.05) is 12.1 Å². The zero-order valence-corrected chi connectivity index (χ0v) is 12.3. The summed E-state index contributed by atoms with van der Waals surface area (Å²) in [6.45, 7) is 0.244. The molecule has 100 valence electrons. The van der Waals surface area contributed by atoms with Crippen molar-refractivity contribution in [1.82, 2.24) is 0 Å². The summed E-state index contributed by atoms with van der Waals surface area (Å²) in [5, 5.41) is 0.633. The first-order chi connectivity index (χ1) is 9.10. The predicted molar refractivity (Wildman–Crippen MR) is 78.0 cm³/mol.